The Balaban J connectivity index is 1.79. The summed E-state index contributed by atoms with van der Waals surface area (Å²) in [5.41, 5.74) is 3.39. The molecule has 4 rings (SSSR count). The van der Waals surface area contributed by atoms with Crippen LogP contribution in [0, 0.1) is 6.92 Å². The van der Waals surface area contributed by atoms with Crippen molar-refractivity contribution in [2.75, 3.05) is 31.2 Å². The van der Waals surface area contributed by atoms with E-state index in [1.54, 1.807) is 0 Å². The first-order valence-corrected chi connectivity index (χ1v) is 7.71. The topological polar surface area (TPSA) is 47.5 Å². The van der Waals surface area contributed by atoms with Crippen LogP contribution in [-0.4, -0.2) is 36.3 Å². The van der Waals surface area contributed by atoms with Crippen LogP contribution in [0.1, 0.15) is 22.6 Å². The SMILES string of the molecule is Cc1nc2c(c(N3CCOCC3)n1)Cc1ccccc1OC2. The third-order valence-corrected chi connectivity index (χ3v) is 4.20. The lowest BCUT2D eigenvalue weighted by Crippen LogP contribution is -2.37. The van der Waals surface area contributed by atoms with Gasteiger partial charge >= 0.3 is 0 Å². The van der Waals surface area contributed by atoms with Crippen molar-refractivity contribution >= 4 is 5.82 Å². The van der Waals surface area contributed by atoms with Crippen molar-refractivity contribution in [1.82, 2.24) is 9.97 Å². The lowest BCUT2D eigenvalue weighted by Gasteiger charge is -2.30. The van der Waals surface area contributed by atoms with Gasteiger partial charge in [-0.25, -0.2) is 9.97 Å². The normalized spacial score (nSPS) is 17.2. The first-order valence-electron chi connectivity index (χ1n) is 7.71. The minimum atomic E-state index is 0.507. The predicted molar refractivity (Wildman–Crippen MR) is 83.4 cm³/mol. The minimum Gasteiger partial charge on any atom is -0.487 e. The van der Waals surface area contributed by atoms with Gasteiger partial charge in [0.2, 0.25) is 0 Å². The van der Waals surface area contributed by atoms with E-state index in [2.05, 4.69) is 22.0 Å². The van der Waals surface area contributed by atoms with E-state index in [4.69, 9.17) is 14.5 Å². The standard InChI is InChI=1S/C17H19N3O2/c1-12-18-15-11-22-16-5-3-2-4-13(16)10-14(15)17(19-12)20-6-8-21-9-7-20/h2-5H,6-11H2,1H3. The summed E-state index contributed by atoms with van der Waals surface area (Å²) in [6.45, 7) is 5.72. The van der Waals surface area contributed by atoms with Gasteiger partial charge in [0.15, 0.2) is 0 Å². The number of hydrogen-bond donors (Lipinski definition) is 0. The van der Waals surface area contributed by atoms with Gasteiger partial charge in [-0.3, -0.25) is 0 Å². The Hall–Kier alpha value is -2.14. The van der Waals surface area contributed by atoms with E-state index < -0.39 is 0 Å². The molecular formula is C17H19N3O2. The van der Waals surface area contributed by atoms with Crippen LogP contribution in [0.5, 0.6) is 5.75 Å². The Kier molecular flexibility index (Phi) is 3.42. The first-order chi connectivity index (χ1) is 10.8. The number of rotatable bonds is 1. The molecular weight excluding hydrogens is 278 g/mol. The highest BCUT2D eigenvalue weighted by Crippen LogP contribution is 2.32. The molecule has 1 aromatic heterocycles. The van der Waals surface area contributed by atoms with Crippen molar-refractivity contribution in [2.45, 2.75) is 20.0 Å². The second-order valence-corrected chi connectivity index (χ2v) is 5.69. The van der Waals surface area contributed by atoms with E-state index in [0.717, 1.165) is 55.8 Å². The Bertz CT molecular complexity index is 696. The molecule has 1 fully saturated rings. The highest BCUT2D eigenvalue weighted by molar-refractivity contribution is 5.54. The molecule has 0 aliphatic carbocycles. The van der Waals surface area contributed by atoms with Crippen LogP contribution >= 0.6 is 0 Å². The summed E-state index contributed by atoms with van der Waals surface area (Å²) >= 11 is 0. The molecule has 0 atom stereocenters. The van der Waals surface area contributed by atoms with Crippen LogP contribution in [0.4, 0.5) is 5.82 Å². The molecule has 22 heavy (non-hydrogen) atoms. The highest BCUT2D eigenvalue weighted by atomic mass is 16.5. The zero-order valence-electron chi connectivity index (χ0n) is 12.7. The number of aryl methyl sites for hydroxylation is 1. The lowest BCUT2D eigenvalue weighted by molar-refractivity contribution is 0.122. The van der Waals surface area contributed by atoms with E-state index in [0.29, 0.717) is 6.61 Å². The average Bonchev–Trinajstić information content (AvgIpc) is 2.74. The lowest BCUT2D eigenvalue weighted by atomic mass is 10.0. The Morgan fingerprint density at radius 2 is 1.91 bits per heavy atom. The van der Waals surface area contributed by atoms with Crippen LogP contribution < -0.4 is 9.64 Å². The van der Waals surface area contributed by atoms with Gasteiger partial charge in [0, 0.05) is 25.1 Å². The van der Waals surface area contributed by atoms with E-state index in [-0.39, 0.29) is 0 Å². The monoisotopic (exact) mass is 297 g/mol. The van der Waals surface area contributed by atoms with Crippen molar-refractivity contribution in [3.05, 3.63) is 46.9 Å². The summed E-state index contributed by atoms with van der Waals surface area (Å²) < 4.78 is 11.4. The van der Waals surface area contributed by atoms with Gasteiger partial charge < -0.3 is 14.4 Å². The third-order valence-electron chi connectivity index (χ3n) is 4.20. The molecule has 0 amide bonds. The number of benzene rings is 1. The highest BCUT2D eigenvalue weighted by Gasteiger charge is 2.24. The number of ether oxygens (including phenoxy) is 2. The zero-order chi connectivity index (χ0) is 14.9. The maximum Gasteiger partial charge on any atom is 0.136 e. The van der Waals surface area contributed by atoms with Crippen molar-refractivity contribution in [3.63, 3.8) is 0 Å². The van der Waals surface area contributed by atoms with E-state index >= 15 is 0 Å². The van der Waals surface area contributed by atoms with Gasteiger partial charge in [-0.2, -0.15) is 0 Å². The van der Waals surface area contributed by atoms with Crippen LogP contribution in [-0.2, 0) is 17.8 Å². The Morgan fingerprint density at radius 1 is 1.09 bits per heavy atom. The van der Waals surface area contributed by atoms with Gasteiger partial charge in [0.1, 0.15) is 24.0 Å². The first kappa shape index (κ1) is 13.5. The molecule has 0 N–H and O–H groups in total. The molecule has 0 radical (unpaired) electrons. The molecule has 2 aliphatic heterocycles. The number of morpholine rings is 1. The fourth-order valence-electron chi connectivity index (χ4n) is 3.10. The zero-order valence-corrected chi connectivity index (χ0v) is 12.7. The molecule has 2 aliphatic rings. The minimum absolute atomic E-state index is 0.507. The van der Waals surface area contributed by atoms with Crippen LogP contribution in [0.25, 0.3) is 0 Å². The third kappa shape index (κ3) is 2.41. The summed E-state index contributed by atoms with van der Waals surface area (Å²) in [6.07, 6.45) is 0.818. The molecule has 0 spiro atoms. The fraction of sp³-hybridized carbons (Fsp3) is 0.412. The molecule has 1 aromatic carbocycles. The van der Waals surface area contributed by atoms with Crippen LogP contribution in [0.2, 0.25) is 0 Å². The number of para-hydroxylation sites is 1. The molecule has 0 bridgehead atoms. The smallest absolute Gasteiger partial charge is 0.136 e. The van der Waals surface area contributed by atoms with E-state index in [9.17, 15) is 0 Å². The van der Waals surface area contributed by atoms with Crippen LogP contribution in [0.15, 0.2) is 24.3 Å². The number of aromatic nitrogens is 2. The molecule has 3 heterocycles. The summed E-state index contributed by atoms with van der Waals surface area (Å²) in [7, 11) is 0. The molecule has 5 nitrogen and oxygen atoms in total. The predicted octanol–water partition coefficient (Wildman–Crippen LogP) is 2.10. The number of fused-ring (bicyclic) bond motifs is 2. The molecule has 5 heteroatoms. The summed E-state index contributed by atoms with van der Waals surface area (Å²) in [5.74, 6) is 2.80. The summed E-state index contributed by atoms with van der Waals surface area (Å²) in [5, 5.41) is 0. The van der Waals surface area contributed by atoms with Gasteiger partial charge in [-0.1, -0.05) is 18.2 Å². The van der Waals surface area contributed by atoms with E-state index in [1.807, 2.05) is 19.1 Å². The number of hydrogen-bond acceptors (Lipinski definition) is 5. The van der Waals surface area contributed by atoms with E-state index in [1.165, 1.54) is 11.1 Å². The van der Waals surface area contributed by atoms with Gasteiger partial charge in [0.05, 0.1) is 18.9 Å². The maximum absolute atomic E-state index is 5.94. The second-order valence-electron chi connectivity index (χ2n) is 5.69. The quantitative estimate of drug-likeness (QED) is 0.807. The van der Waals surface area contributed by atoms with Gasteiger partial charge in [-0.15, -0.1) is 0 Å². The molecule has 1 saturated heterocycles. The number of nitrogens with zero attached hydrogens (tertiary/aromatic N) is 3. The average molecular weight is 297 g/mol. The van der Waals surface area contributed by atoms with Crippen molar-refractivity contribution in [3.8, 4) is 5.75 Å². The molecule has 2 aromatic rings. The summed E-state index contributed by atoms with van der Waals surface area (Å²) in [6, 6.07) is 8.20. The Labute approximate surface area is 129 Å². The van der Waals surface area contributed by atoms with Crippen molar-refractivity contribution < 1.29 is 9.47 Å². The molecule has 114 valence electrons. The number of anilines is 1. The molecule has 0 saturated carbocycles. The molecule has 0 unspecified atom stereocenters. The van der Waals surface area contributed by atoms with Crippen molar-refractivity contribution in [2.24, 2.45) is 0 Å². The largest absolute Gasteiger partial charge is 0.487 e. The second kappa shape index (κ2) is 5.57. The summed E-state index contributed by atoms with van der Waals surface area (Å²) in [4.78, 5) is 11.7. The van der Waals surface area contributed by atoms with Crippen LogP contribution in [0.3, 0.4) is 0 Å². The van der Waals surface area contributed by atoms with Gasteiger partial charge in [0.25, 0.3) is 0 Å². The van der Waals surface area contributed by atoms with Crippen molar-refractivity contribution in [1.29, 1.82) is 0 Å². The maximum atomic E-state index is 5.94. The fourth-order valence-corrected chi connectivity index (χ4v) is 3.10. The Morgan fingerprint density at radius 3 is 2.77 bits per heavy atom. The van der Waals surface area contributed by atoms with Gasteiger partial charge in [-0.05, 0) is 18.6 Å².